The molecule has 1 aliphatic heterocycles. The number of esters is 1. The largest absolute Gasteiger partial charge is 0.466 e. The van der Waals surface area contributed by atoms with Crippen molar-refractivity contribution in [2.45, 2.75) is 40.0 Å². The van der Waals surface area contributed by atoms with Gasteiger partial charge in [-0.15, -0.1) is 0 Å². The maximum Gasteiger partial charge on any atom is 0.313 e. The predicted octanol–water partition coefficient (Wildman–Crippen LogP) is 0.684. The highest BCUT2D eigenvalue weighted by Crippen LogP contribution is 2.31. The molecule has 0 aromatic heterocycles. The van der Waals surface area contributed by atoms with E-state index in [0.717, 1.165) is 4.90 Å². The van der Waals surface area contributed by atoms with Gasteiger partial charge in [-0.1, -0.05) is 13.8 Å². The molecule has 0 spiro atoms. The fourth-order valence-electron chi connectivity index (χ4n) is 1.99. The molecule has 6 nitrogen and oxygen atoms in total. The van der Waals surface area contributed by atoms with Crippen LogP contribution in [0.3, 0.4) is 0 Å². The average molecular weight is 269 g/mol. The molecule has 1 aliphatic rings. The summed E-state index contributed by atoms with van der Waals surface area (Å²) in [5.41, 5.74) is -0.366. The Morgan fingerprint density at radius 3 is 2.21 bits per heavy atom. The van der Waals surface area contributed by atoms with Gasteiger partial charge in [0.2, 0.25) is 11.8 Å². The third-order valence-corrected chi connectivity index (χ3v) is 2.84. The predicted molar refractivity (Wildman–Crippen MR) is 66.0 cm³/mol. The smallest absolute Gasteiger partial charge is 0.313 e. The summed E-state index contributed by atoms with van der Waals surface area (Å²) in [7, 11) is 0. The molecule has 2 amide bonds. The zero-order valence-electron chi connectivity index (χ0n) is 11.5. The molecule has 0 saturated carbocycles. The summed E-state index contributed by atoms with van der Waals surface area (Å²) < 4.78 is 4.64. The van der Waals surface area contributed by atoms with Crippen molar-refractivity contribution in [3.8, 4) is 0 Å². The van der Waals surface area contributed by atoms with Crippen LogP contribution < -0.4 is 0 Å². The number of piperidine rings is 1. The highest BCUT2D eigenvalue weighted by atomic mass is 16.5. The number of ketones is 1. The topological polar surface area (TPSA) is 80.8 Å². The van der Waals surface area contributed by atoms with Gasteiger partial charge in [0.15, 0.2) is 5.78 Å². The van der Waals surface area contributed by atoms with Crippen molar-refractivity contribution in [2.24, 2.45) is 5.41 Å². The van der Waals surface area contributed by atoms with E-state index in [4.69, 9.17) is 0 Å². The first-order chi connectivity index (χ1) is 8.75. The number of carbonyl (C=O) groups is 4. The molecule has 1 fully saturated rings. The SMILES string of the molecule is CCOC(=O)CC(=O)CN1C(=O)CC(C)(C)CC1=O. The Labute approximate surface area is 112 Å². The minimum absolute atomic E-state index is 0.196. The summed E-state index contributed by atoms with van der Waals surface area (Å²) in [6, 6.07) is 0. The van der Waals surface area contributed by atoms with E-state index in [1.54, 1.807) is 6.92 Å². The van der Waals surface area contributed by atoms with E-state index in [2.05, 4.69) is 4.74 Å². The van der Waals surface area contributed by atoms with E-state index >= 15 is 0 Å². The van der Waals surface area contributed by atoms with Crippen molar-refractivity contribution in [1.82, 2.24) is 4.90 Å². The third-order valence-electron chi connectivity index (χ3n) is 2.84. The Balaban J connectivity index is 2.57. The number of Topliss-reactive ketones (excluding diaryl/α,β-unsaturated/α-hetero) is 1. The monoisotopic (exact) mass is 269 g/mol. The highest BCUT2D eigenvalue weighted by molar-refractivity contribution is 6.04. The quantitative estimate of drug-likeness (QED) is 0.416. The molecule has 1 saturated heterocycles. The van der Waals surface area contributed by atoms with Crippen molar-refractivity contribution < 1.29 is 23.9 Å². The van der Waals surface area contributed by atoms with Gasteiger partial charge in [-0.05, 0) is 12.3 Å². The van der Waals surface area contributed by atoms with Gasteiger partial charge < -0.3 is 4.74 Å². The minimum Gasteiger partial charge on any atom is -0.466 e. The zero-order chi connectivity index (χ0) is 14.6. The molecule has 106 valence electrons. The summed E-state index contributed by atoms with van der Waals surface area (Å²) in [5, 5.41) is 0. The van der Waals surface area contributed by atoms with Gasteiger partial charge >= 0.3 is 5.97 Å². The van der Waals surface area contributed by atoms with Gasteiger partial charge in [-0.25, -0.2) is 0 Å². The summed E-state index contributed by atoms with van der Waals surface area (Å²) >= 11 is 0. The molecular formula is C13H19NO5. The Morgan fingerprint density at radius 1 is 1.21 bits per heavy atom. The first kappa shape index (κ1) is 15.3. The van der Waals surface area contributed by atoms with Crippen LogP contribution >= 0.6 is 0 Å². The first-order valence-corrected chi connectivity index (χ1v) is 6.25. The molecule has 0 aromatic rings. The van der Waals surface area contributed by atoms with Gasteiger partial charge in [0.25, 0.3) is 0 Å². The van der Waals surface area contributed by atoms with Crippen LogP contribution in [0.1, 0.15) is 40.0 Å². The molecule has 0 aliphatic carbocycles. The molecular weight excluding hydrogens is 250 g/mol. The first-order valence-electron chi connectivity index (χ1n) is 6.25. The van der Waals surface area contributed by atoms with E-state index in [9.17, 15) is 19.2 Å². The maximum atomic E-state index is 11.8. The minimum atomic E-state index is -0.635. The number of carbonyl (C=O) groups excluding carboxylic acids is 4. The Hall–Kier alpha value is -1.72. The summed E-state index contributed by atoms with van der Waals surface area (Å²) in [4.78, 5) is 47.3. The van der Waals surface area contributed by atoms with Crippen molar-refractivity contribution in [3.05, 3.63) is 0 Å². The number of ether oxygens (including phenoxy) is 1. The van der Waals surface area contributed by atoms with Crippen LogP contribution in [0, 0.1) is 5.41 Å². The van der Waals surface area contributed by atoms with E-state index in [1.807, 2.05) is 13.8 Å². The van der Waals surface area contributed by atoms with Crippen LogP contribution in [0.2, 0.25) is 0 Å². The van der Waals surface area contributed by atoms with Crippen molar-refractivity contribution in [3.63, 3.8) is 0 Å². The number of hydrogen-bond donors (Lipinski definition) is 0. The molecule has 0 unspecified atom stereocenters. The molecule has 1 rings (SSSR count). The molecule has 0 bridgehead atoms. The Morgan fingerprint density at radius 2 is 1.74 bits per heavy atom. The summed E-state index contributed by atoms with van der Waals surface area (Å²) in [6.07, 6.45) is 0.0468. The van der Waals surface area contributed by atoms with E-state index in [1.165, 1.54) is 0 Å². The standard InChI is InChI=1S/C13H19NO5/c1-4-19-12(18)5-9(15)8-14-10(16)6-13(2,3)7-11(14)17/h4-8H2,1-3H3. The highest BCUT2D eigenvalue weighted by Gasteiger charge is 2.38. The maximum absolute atomic E-state index is 11.8. The lowest BCUT2D eigenvalue weighted by Gasteiger charge is -2.34. The summed E-state index contributed by atoms with van der Waals surface area (Å²) in [6.45, 7) is 5.16. The average Bonchev–Trinajstić information content (AvgIpc) is 2.22. The Bertz CT molecular complexity index is 393. The van der Waals surface area contributed by atoms with Crippen LogP contribution in [-0.2, 0) is 23.9 Å². The number of imide groups is 1. The van der Waals surface area contributed by atoms with Crippen molar-refractivity contribution >= 4 is 23.6 Å². The fourth-order valence-corrected chi connectivity index (χ4v) is 1.99. The van der Waals surface area contributed by atoms with E-state index in [0.29, 0.717) is 0 Å². The van der Waals surface area contributed by atoms with E-state index in [-0.39, 0.29) is 43.2 Å². The molecule has 1 heterocycles. The second-order valence-electron chi connectivity index (χ2n) is 5.41. The molecule has 0 atom stereocenters. The molecule has 19 heavy (non-hydrogen) atoms. The number of likely N-dealkylation sites (tertiary alicyclic amines) is 1. The Kier molecular flexibility index (Phi) is 4.80. The second-order valence-corrected chi connectivity index (χ2v) is 5.41. The van der Waals surface area contributed by atoms with Crippen LogP contribution in [-0.4, -0.2) is 41.6 Å². The number of rotatable bonds is 5. The zero-order valence-corrected chi connectivity index (χ0v) is 11.5. The lowest BCUT2D eigenvalue weighted by molar-refractivity contribution is -0.156. The van der Waals surface area contributed by atoms with Gasteiger partial charge in [0, 0.05) is 12.8 Å². The molecule has 6 heteroatoms. The van der Waals surface area contributed by atoms with Gasteiger partial charge in [-0.3, -0.25) is 24.1 Å². The molecule has 0 aromatic carbocycles. The van der Waals surface area contributed by atoms with Crippen molar-refractivity contribution in [2.75, 3.05) is 13.2 Å². The van der Waals surface area contributed by atoms with Crippen LogP contribution in [0.4, 0.5) is 0 Å². The van der Waals surface area contributed by atoms with Crippen LogP contribution in [0.5, 0.6) is 0 Å². The molecule has 0 N–H and O–H groups in total. The lowest BCUT2D eigenvalue weighted by atomic mass is 9.81. The molecule has 0 radical (unpaired) electrons. The normalized spacial score (nSPS) is 18.4. The van der Waals surface area contributed by atoms with Crippen LogP contribution in [0.25, 0.3) is 0 Å². The number of nitrogens with zero attached hydrogens (tertiary/aromatic N) is 1. The van der Waals surface area contributed by atoms with E-state index < -0.39 is 18.2 Å². The van der Waals surface area contributed by atoms with Gasteiger partial charge in [0.05, 0.1) is 13.2 Å². The third kappa shape index (κ3) is 4.46. The van der Waals surface area contributed by atoms with Gasteiger partial charge in [-0.2, -0.15) is 0 Å². The van der Waals surface area contributed by atoms with Crippen LogP contribution in [0.15, 0.2) is 0 Å². The lowest BCUT2D eigenvalue weighted by Crippen LogP contribution is -2.48. The number of amides is 2. The summed E-state index contributed by atoms with van der Waals surface area (Å²) in [5.74, 6) is -1.85. The second kappa shape index (κ2) is 5.95. The van der Waals surface area contributed by atoms with Crippen molar-refractivity contribution in [1.29, 1.82) is 0 Å². The van der Waals surface area contributed by atoms with Gasteiger partial charge in [0.1, 0.15) is 6.42 Å². The number of hydrogen-bond acceptors (Lipinski definition) is 5. The fraction of sp³-hybridized carbons (Fsp3) is 0.692.